The van der Waals surface area contributed by atoms with E-state index in [2.05, 4.69) is 9.72 Å². The molecule has 2 aromatic carbocycles. The van der Waals surface area contributed by atoms with Crippen LogP contribution in [0.1, 0.15) is 5.56 Å². The first-order chi connectivity index (χ1) is 14.4. The molecule has 30 heavy (non-hydrogen) atoms. The summed E-state index contributed by atoms with van der Waals surface area (Å²) in [6.45, 7) is -2.89. The molecule has 0 fully saturated rings. The second-order valence-electron chi connectivity index (χ2n) is 6.15. The van der Waals surface area contributed by atoms with Crippen LogP contribution in [0.5, 0.6) is 17.2 Å². The monoisotopic (exact) mass is 450 g/mol. The number of phenols is 1. The van der Waals surface area contributed by atoms with E-state index in [9.17, 15) is 18.7 Å². The van der Waals surface area contributed by atoms with Gasteiger partial charge in [-0.15, -0.1) is 0 Å². The van der Waals surface area contributed by atoms with E-state index in [1.807, 2.05) is 0 Å². The Morgan fingerprint density at radius 2 is 2.00 bits per heavy atom. The lowest BCUT2D eigenvalue weighted by Gasteiger charge is -2.05. The van der Waals surface area contributed by atoms with Crippen molar-refractivity contribution in [3.05, 3.63) is 68.1 Å². The van der Waals surface area contributed by atoms with Gasteiger partial charge in [0.05, 0.1) is 22.4 Å². The zero-order chi connectivity index (χ0) is 21.4. The van der Waals surface area contributed by atoms with E-state index in [1.165, 1.54) is 41.0 Å². The number of fused-ring (bicyclic) bond motifs is 1. The van der Waals surface area contributed by atoms with Gasteiger partial charge in [-0.3, -0.25) is 9.20 Å². The zero-order valence-corrected chi connectivity index (χ0v) is 16.9. The third kappa shape index (κ3) is 3.81. The molecule has 0 spiro atoms. The summed E-state index contributed by atoms with van der Waals surface area (Å²) in [6, 6.07) is 9.09. The minimum Gasteiger partial charge on any atom is -0.503 e. The highest BCUT2D eigenvalue weighted by Crippen LogP contribution is 2.35. The molecule has 0 aliphatic carbocycles. The number of hydrogen-bond donors (Lipinski definition) is 1. The van der Waals surface area contributed by atoms with Crippen molar-refractivity contribution in [1.82, 2.24) is 9.38 Å². The summed E-state index contributed by atoms with van der Waals surface area (Å²) in [5, 5.41) is 9.94. The summed E-state index contributed by atoms with van der Waals surface area (Å²) in [7, 11) is 1.40. The van der Waals surface area contributed by atoms with Gasteiger partial charge in [-0.1, -0.05) is 22.9 Å². The normalized spacial score (nSPS) is 12.1. The van der Waals surface area contributed by atoms with Crippen LogP contribution in [0.2, 0.25) is 5.02 Å². The number of nitrogens with zero attached hydrogens (tertiary/aromatic N) is 2. The highest BCUT2D eigenvalue weighted by molar-refractivity contribution is 7.15. The number of halogens is 3. The highest BCUT2D eigenvalue weighted by Gasteiger charge is 2.12. The summed E-state index contributed by atoms with van der Waals surface area (Å²) in [5.41, 5.74) is 1.51. The standard InChI is InChI=1S/C20H13ClF2N2O4S/c1-28-15-7-10(6-13(21)17(15)26)8-16-18(27)25-9-14(24-20(25)30-16)11-2-4-12(5-3-11)29-19(22)23/h2-9,19,26H,1H3/b16-8-. The van der Waals surface area contributed by atoms with Gasteiger partial charge >= 0.3 is 6.61 Å². The maximum atomic E-state index is 12.7. The summed E-state index contributed by atoms with van der Waals surface area (Å²) in [6.07, 6.45) is 3.21. The van der Waals surface area contributed by atoms with E-state index in [1.54, 1.807) is 30.5 Å². The van der Waals surface area contributed by atoms with Crippen LogP contribution in [-0.4, -0.2) is 28.2 Å². The molecule has 2 heterocycles. The van der Waals surface area contributed by atoms with Gasteiger partial charge in [0.25, 0.3) is 5.56 Å². The summed E-state index contributed by atoms with van der Waals surface area (Å²) in [4.78, 5) is 17.7. The second kappa shape index (κ2) is 7.92. The maximum absolute atomic E-state index is 12.7. The number of rotatable bonds is 5. The first-order valence-electron chi connectivity index (χ1n) is 8.51. The molecule has 10 heteroatoms. The first-order valence-corrected chi connectivity index (χ1v) is 9.70. The molecule has 4 rings (SSSR count). The van der Waals surface area contributed by atoms with E-state index in [4.69, 9.17) is 16.3 Å². The zero-order valence-electron chi connectivity index (χ0n) is 15.3. The highest BCUT2D eigenvalue weighted by atomic mass is 35.5. The number of hydrogen-bond acceptors (Lipinski definition) is 6. The molecule has 0 aliphatic rings. The molecule has 2 aromatic heterocycles. The van der Waals surface area contributed by atoms with Gasteiger partial charge in [0.15, 0.2) is 16.5 Å². The Balaban J connectivity index is 1.70. The lowest BCUT2D eigenvalue weighted by atomic mass is 10.2. The molecule has 0 saturated carbocycles. The number of benzene rings is 2. The van der Waals surface area contributed by atoms with E-state index in [0.29, 0.717) is 26.3 Å². The van der Waals surface area contributed by atoms with E-state index in [-0.39, 0.29) is 27.8 Å². The van der Waals surface area contributed by atoms with Gasteiger partial charge in [0.2, 0.25) is 0 Å². The van der Waals surface area contributed by atoms with Gasteiger partial charge in [0.1, 0.15) is 5.75 Å². The van der Waals surface area contributed by atoms with Gasteiger partial charge in [0, 0.05) is 11.8 Å². The van der Waals surface area contributed by atoms with Crippen molar-refractivity contribution < 1.29 is 23.4 Å². The number of alkyl halides is 2. The number of imidazole rings is 1. The van der Waals surface area contributed by atoms with Crippen LogP contribution in [0, 0.1) is 0 Å². The lowest BCUT2D eigenvalue weighted by molar-refractivity contribution is -0.0498. The van der Waals surface area contributed by atoms with Crippen molar-refractivity contribution in [3.8, 4) is 28.5 Å². The van der Waals surface area contributed by atoms with Crippen LogP contribution in [0.4, 0.5) is 8.78 Å². The molecular weight excluding hydrogens is 438 g/mol. The van der Waals surface area contributed by atoms with Gasteiger partial charge in [-0.2, -0.15) is 8.78 Å². The minimum atomic E-state index is -2.89. The topological polar surface area (TPSA) is 73.1 Å². The van der Waals surface area contributed by atoms with E-state index < -0.39 is 6.61 Å². The summed E-state index contributed by atoms with van der Waals surface area (Å²) >= 11 is 7.18. The Bertz CT molecular complexity index is 1340. The molecule has 4 aromatic rings. The van der Waals surface area contributed by atoms with Crippen LogP contribution in [0.3, 0.4) is 0 Å². The van der Waals surface area contributed by atoms with Crippen molar-refractivity contribution in [2.45, 2.75) is 6.61 Å². The van der Waals surface area contributed by atoms with Crippen molar-refractivity contribution in [2.75, 3.05) is 7.11 Å². The van der Waals surface area contributed by atoms with Crippen molar-refractivity contribution in [1.29, 1.82) is 0 Å². The Morgan fingerprint density at radius 3 is 2.63 bits per heavy atom. The number of aromatic hydroxyl groups is 1. The molecule has 154 valence electrons. The molecule has 0 bridgehead atoms. The Labute approximate surface area is 177 Å². The molecule has 0 unspecified atom stereocenters. The van der Waals surface area contributed by atoms with Crippen LogP contribution >= 0.6 is 22.9 Å². The summed E-state index contributed by atoms with van der Waals surface area (Å²) in [5.74, 6) is 0.0671. The lowest BCUT2D eigenvalue weighted by Crippen LogP contribution is -2.22. The van der Waals surface area contributed by atoms with E-state index >= 15 is 0 Å². The quantitative estimate of drug-likeness (QED) is 0.498. The SMILES string of the molecule is COc1cc(/C=c2\sc3nc(-c4ccc(OC(F)F)cc4)cn3c2=O)cc(Cl)c1O. The van der Waals surface area contributed by atoms with Crippen molar-refractivity contribution in [2.24, 2.45) is 0 Å². The fourth-order valence-electron chi connectivity index (χ4n) is 2.86. The summed E-state index contributed by atoms with van der Waals surface area (Å²) < 4.78 is 35.8. The van der Waals surface area contributed by atoms with Gasteiger partial charge in [-0.25, -0.2) is 4.98 Å². The average molecular weight is 451 g/mol. The van der Waals surface area contributed by atoms with E-state index in [0.717, 1.165) is 0 Å². The second-order valence-corrected chi connectivity index (χ2v) is 7.57. The Kier molecular flexibility index (Phi) is 5.31. The average Bonchev–Trinajstić information content (AvgIpc) is 3.24. The van der Waals surface area contributed by atoms with Crippen LogP contribution < -0.4 is 19.6 Å². The predicted octanol–water partition coefficient (Wildman–Crippen LogP) is 3.94. The Morgan fingerprint density at radius 1 is 1.27 bits per heavy atom. The fraction of sp³-hybridized carbons (Fsp3) is 0.100. The molecule has 6 nitrogen and oxygen atoms in total. The molecule has 0 amide bonds. The molecule has 0 radical (unpaired) electrons. The van der Waals surface area contributed by atoms with Crippen LogP contribution in [0.25, 0.3) is 22.3 Å². The minimum absolute atomic E-state index is 0.0409. The smallest absolute Gasteiger partial charge is 0.387 e. The Hall–Kier alpha value is -3.17. The predicted molar refractivity (Wildman–Crippen MR) is 110 cm³/mol. The maximum Gasteiger partial charge on any atom is 0.387 e. The number of aromatic nitrogens is 2. The molecular formula is C20H13ClF2N2O4S. The van der Waals surface area contributed by atoms with Crippen LogP contribution in [0.15, 0.2) is 47.4 Å². The fourth-order valence-corrected chi connectivity index (χ4v) is 4.04. The van der Waals surface area contributed by atoms with Gasteiger partial charge in [-0.05, 0) is 48.0 Å². The number of thiazole rings is 1. The number of phenolic OH excluding ortho intramolecular Hbond substituents is 1. The van der Waals surface area contributed by atoms with Crippen molar-refractivity contribution >= 4 is 34.0 Å². The molecule has 0 saturated heterocycles. The molecule has 1 N–H and O–H groups in total. The third-order valence-electron chi connectivity index (χ3n) is 4.25. The van der Waals surface area contributed by atoms with Gasteiger partial charge < -0.3 is 14.6 Å². The van der Waals surface area contributed by atoms with Crippen LogP contribution in [-0.2, 0) is 0 Å². The first kappa shape index (κ1) is 20.1. The third-order valence-corrected chi connectivity index (χ3v) is 5.52. The van der Waals surface area contributed by atoms with Crippen molar-refractivity contribution in [3.63, 3.8) is 0 Å². The molecule has 0 atom stereocenters. The number of ether oxygens (including phenoxy) is 2. The number of methoxy groups -OCH3 is 1. The largest absolute Gasteiger partial charge is 0.503 e. The molecule has 0 aliphatic heterocycles.